The van der Waals surface area contributed by atoms with Crippen molar-refractivity contribution in [2.24, 2.45) is 0 Å². The average molecular weight is 757 g/mol. The Labute approximate surface area is 339 Å². The lowest BCUT2D eigenvalue weighted by Crippen LogP contribution is -2.25. The molecule has 0 spiro atoms. The molecule has 59 heavy (non-hydrogen) atoms. The summed E-state index contributed by atoms with van der Waals surface area (Å²) in [6.45, 7) is 2.36. The first-order valence-electron chi connectivity index (χ1n) is 20.0. The average Bonchev–Trinajstić information content (AvgIpc) is 3.95. The molecular weight excluding hydrogens is 721 g/mol. The summed E-state index contributed by atoms with van der Waals surface area (Å²) in [6.07, 6.45) is 11.5. The third-order valence-corrected chi connectivity index (χ3v) is 12.5. The Morgan fingerprint density at radius 2 is 0.576 bits per heavy atom. The van der Waals surface area contributed by atoms with Gasteiger partial charge in [0.25, 0.3) is 0 Å². The van der Waals surface area contributed by atoms with Crippen molar-refractivity contribution >= 4 is 65.4 Å². The van der Waals surface area contributed by atoms with Gasteiger partial charge in [0.1, 0.15) is 0 Å². The molecule has 0 radical (unpaired) electrons. The van der Waals surface area contributed by atoms with Crippen LogP contribution in [0.1, 0.15) is 23.6 Å². The van der Waals surface area contributed by atoms with Crippen LogP contribution in [0.15, 0.2) is 201 Å². The second-order valence-corrected chi connectivity index (χ2v) is 15.5. The summed E-state index contributed by atoms with van der Waals surface area (Å²) in [7, 11) is 0. The largest absolute Gasteiger partial charge is 0.309 e. The molecule has 6 aromatic carbocycles. The molecule has 6 heteroatoms. The zero-order chi connectivity index (χ0) is 39.1. The smallest absolute Gasteiger partial charge is 0.0571 e. The van der Waals surface area contributed by atoms with Crippen molar-refractivity contribution in [2.45, 2.75) is 12.3 Å². The number of fused-ring (bicyclic) bond motifs is 9. The molecule has 0 aliphatic rings. The first kappa shape index (κ1) is 33.3. The molecule has 12 aromatic rings. The Balaban J connectivity index is 1.02. The number of para-hydroxylation sites is 3. The fourth-order valence-electron chi connectivity index (χ4n) is 9.61. The first-order valence-corrected chi connectivity index (χ1v) is 20.0. The summed E-state index contributed by atoms with van der Waals surface area (Å²) < 4.78 is 7.04. The van der Waals surface area contributed by atoms with Crippen molar-refractivity contribution in [2.75, 3.05) is 0 Å². The highest BCUT2D eigenvalue weighted by molar-refractivity contribution is 6.10. The summed E-state index contributed by atoms with van der Waals surface area (Å²) in [6, 6.07) is 59.5. The Bertz CT molecular complexity index is 3020. The van der Waals surface area contributed by atoms with Crippen LogP contribution < -0.4 is 0 Å². The summed E-state index contributed by atoms with van der Waals surface area (Å²) in [5, 5.41) is 7.04. The molecule has 0 amide bonds. The molecule has 278 valence electrons. The van der Waals surface area contributed by atoms with Crippen LogP contribution in [0.2, 0.25) is 0 Å². The highest BCUT2D eigenvalue weighted by Crippen LogP contribution is 2.42. The molecule has 12 rings (SSSR count). The van der Waals surface area contributed by atoms with Crippen molar-refractivity contribution in [3.05, 3.63) is 218 Å². The Kier molecular flexibility index (Phi) is 7.26. The van der Waals surface area contributed by atoms with Crippen LogP contribution in [-0.2, 0) is 5.41 Å². The number of rotatable bonds is 6. The van der Waals surface area contributed by atoms with Crippen molar-refractivity contribution in [3.63, 3.8) is 0 Å². The molecule has 6 heterocycles. The molecule has 0 aliphatic carbocycles. The van der Waals surface area contributed by atoms with Gasteiger partial charge in [0, 0.05) is 92.0 Å². The maximum absolute atomic E-state index is 4.47. The molecule has 6 aromatic heterocycles. The number of aromatic nitrogens is 6. The monoisotopic (exact) mass is 756 g/mol. The molecule has 0 bridgehead atoms. The molecule has 0 unspecified atom stereocenters. The van der Waals surface area contributed by atoms with Gasteiger partial charge in [-0.15, -0.1) is 0 Å². The normalized spacial score (nSPS) is 12.2. The summed E-state index contributed by atoms with van der Waals surface area (Å²) >= 11 is 0. The maximum Gasteiger partial charge on any atom is 0.0571 e. The number of benzene rings is 6. The summed E-state index contributed by atoms with van der Waals surface area (Å²) in [4.78, 5) is 13.4. The number of pyridine rings is 3. The minimum atomic E-state index is -0.490. The summed E-state index contributed by atoms with van der Waals surface area (Å²) in [5.74, 6) is 0. The zero-order valence-electron chi connectivity index (χ0n) is 32.2. The third-order valence-electron chi connectivity index (χ3n) is 12.5. The van der Waals surface area contributed by atoms with Crippen LogP contribution >= 0.6 is 0 Å². The molecule has 0 fully saturated rings. The van der Waals surface area contributed by atoms with Gasteiger partial charge in [0.05, 0.1) is 33.1 Å². The first-order chi connectivity index (χ1) is 29.2. The Morgan fingerprint density at radius 1 is 0.305 bits per heavy atom. The zero-order valence-corrected chi connectivity index (χ0v) is 32.2. The van der Waals surface area contributed by atoms with Gasteiger partial charge < -0.3 is 13.7 Å². The predicted molar refractivity (Wildman–Crippen MR) is 241 cm³/mol. The van der Waals surface area contributed by atoms with E-state index >= 15 is 0 Å². The van der Waals surface area contributed by atoms with E-state index in [-0.39, 0.29) is 0 Å². The second kappa shape index (κ2) is 12.8. The number of hydrogen-bond acceptors (Lipinski definition) is 3. The van der Waals surface area contributed by atoms with Crippen molar-refractivity contribution in [1.29, 1.82) is 0 Å². The summed E-state index contributed by atoms with van der Waals surface area (Å²) in [5.41, 5.74) is 13.4. The lowest BCUT2D eigenvalue weighted by atomic mass is 9.71. The van der Waals surface area contributed by atoms with E-state index in [1.165, 1.54) is 49.4 Å². The molecule has 0 aliphatic heterocycles. The van der Waals surface area contributed by atoms with Crippen LogP contribution in [-0.4, -0.2) is 28.7 Å². The van der Waals surface area contributed by atoms with Crippen LogP contribution in [0.4, 0.5) is 0 Å². The molecule has 0 N–H and O–H groups in total. The minimum absolute atomic E-state index is 0.490. The fraction of sp³-hybridized carbons (Fsp3) is 0.0377. The van der Waals surface area contributed by atoms with Crippen LogP contribution in [0.3, 0.4) is 0 Å². The van der Waals surface area contributed by atoms with Gasteiger partial charge in [-0.05, 0) is 96.4 Å². The van der Waals surface area contributed by atoms with E-state index in [0.29, 0.717) is 0 Å². The van der Waals surface area contributed by atoms with Crippen LogP contribution in [0, 0.1) is 0 Å². The van der Waals surface area contributed by atoms with Crippen LogP contribution in [0.5, 0.6) is 0 Å². The van der Waals surface area contributed by atoms with Gasteiger partial charge in [-0.3, -0.25) is 15.0 Å². The Morgan fingerprint density at radius 3 is 0.881 bits per heavy atom. The standard InChI is InChI=1S/C53H36N6/c1-53(35-14-20-38(21-15-35)57-47-11-5-2-8-41(47)44-32-54-29-26-50(44)57,36-16-22-39(23-17-36)58-48-12-6-3-9-42(48)45-33-55-30-27-51(45)58)37-18-24-40(25-19-37)59-49-13-7-4-10-43(49)46-34-56-31-28-52(46)59/h2-34H,1H3. The van der Waals surface area contributed by atoms with Gasteiger partial charge in [-0.1, -0.05) is 91.0 Å². The fourth-order valence-corrected chi connectivity index (χ4v) is 9.61. The maximum atomic E-state index is 4.47. The number of nitrogens with zero attached hydrogens (tertiary/aromatic N) is 6. The van der Waals surface area contributed by atoms with E-state index in [2.05, 4.69) is 199 Å². The second-order valence-electron chi connectivity index (χ2n) is 15.5. The third kappa shape index (κ3) is 4.90. The van der Waals surface area contributed by atoms with Crippen molar-refractivity contribution in [3.8, 4) is 17.1 Å². The highest BCUT2D eigenvalue weighted by atomic mass is 15.0. The quantitative estimate of drug-likeness (QED) is 0.159. The molecule has 0 atom stereocenters. The SMILES string of the molecule is CC(c1ccc(-n2c3ccccc3c3cnccc32)cc1)(c1ccc(-n2c3ccccc3c3cnccc32)cc1)c1ccc(-n2c3ccccc3c3cnccc32)cc1. The lowest BCUT2D eigenvalue weighted by molar-refractivity contribution is 0.692. The van der Waals surface area contributed by atoms with Gasteiger partial charge in [-0.25, -0.2) is 0 Å². The van der Waals surface area contributed by atoms with Crippen LogP contribution in [0.25, 0.3) is 82.5 Å². The van der Waals surface area contributed by atoms with E-state index in [0.717, 1.165) is 49.8 Å². The highest BCUT2D eigenvalue weighted by Gasteiger charge is 2.32. The molecule has 6 nitrogen and oxygen atoms in total. The topological polar surface area (TPSA) is 53.5 Å². The van der Waals surface area contributed by atoms with Gasteiger partial charge in [0.2, 0.25) is 0 Å². The van der Waals surface area contributed by atoms with Gasteiger partial charge >= 0.3 is 0 Å². The minimum Gasteiger partial charge on any atom is -0.309 e. The Hall–Kier alpha value is -7.83. The van der Waals surface area contributed by atoms with E-state index in [4.69, 9.17) is 0 Å². The molecular formula is C53H36N6. The van der Waals surface area contributed by atoms with E-state index < -0.39 is 5.41 Å². The van der Waals surface area contributed by atoms with E-state index in [1.807, 2.05) is 37.2 Å². The number of hydrogen-bond donors (Lipinski definition) is 0. The lowest BCUT2D eigenvalue weighted by Gasteiger charge is -2.32. The van der Waals surface area contributed by atoms with Gasteiger partial charge in [0.15, 0.2) is 0 Å². The molecule has 0 saturated carbocycles. The van der Waals surface area contributed by atoms with Crippen molar-refractivity contribution in [1.82, 2.24) is 28.7 Å². The molecule has 0 saturated heterocycles. The van der Waals surface area contributed by atoms with Crippen molar-refractivity contribution < 1.29 is 0 Å². The van der Waals surface area contributed by atoms with Gasteiger partial charge in [-0.2, -0.15) is 0 Å². The van der Waals surface area contributed by atoms with E-state index in [1.54, 1.807) is 0 Å². The predicted octanol–water partition coefficient (Wildman–Crippen LogP) is 12.5. The van der Waals surface area contributed by atoms with E-state index in [9.17, 15) is 0 Å².